The molecule has 0 bridgehead atoms. The molecule has 3 atom stereocenters. The zero-order valence-electron chi connectivity index (χ0n) is 21.1. The van der Waals surface area contributed by atoms with Crippen molar-refractivity contribution in [3.8, 4) is 0 Å². The van der Waals surface area contributed by atoms with Crippen molar-refractivity contribution in [2.24, 2.45) is 11.7 Å². The fourth-order valence-electron chi connectivity index (χ4n) is 2.73. The highest BCUT2D eigenvalue weighted by atomic mass is 33.1. The highest BCUT2D eigenvalue weighted by Gasteiger charge is 2.27. The van der Waals surface area contributed by atoms with Crippen LogP contribution in [0.25, 0.3) is 0 Å². The molecular formula is C23H36N2O7S4. The van der Waals surface area contributed by atoms with Gasteiger partial charge in [-0.3, -0.25) is 14.4 Å². The van der Waals surface area contributed by atoms with Gasteiger partial charge in [0.15, 0.2) is 6.10 Å². The van der Waals surface area contributed by atoms with E-state index in [0.717, 1.165) is 23.5 Å². The molecule has 36 heavy (non-hydrogen) atoms. The fourth-order valence-corrected chi connectivity index (χ4v) is 6.51. The minimum absolute atomic E-state index is 0.112. The second-order valence-electron chi connectivity index (χ2n) is 8.04. The van der Waals surface area contributed by atoms with E-state index in [0.29, 0.717) is 12.2 Å². The zero-order valence-corrected chi connectivity index (χ0v) is 24.3. The summed E-state index contributed by atoms with van der Waals surface area (Å²) in [7, 11) is 3.25. The number of carbonyl (C=O) groups excluding carboxylic acids is 4. The van der Waals surface area contributed by atoms with Crippen LogP contribution in [-0.2, 0) is 39.8 Å². The van der Waals surface area contributed by atoms with E-state index in [2.05, 4.69) is 11.6 Å². The zero-order chi connectivity index (χ0) is 26.9. The average Bonchev–Trinajstić information content (AvgIpc) is 3.34. The lowest BCUT2D eigenvalue weighted by Crippen LogP contribution is -2.45. The van der Waals surface area contributed by atoms with Gasteiger partial charge in [-0.1, -0.05) is 21.6 Å². The van der Waals surface area contributed by atoms with E-state index in [4.69, 9.17) is 19.9 Å². The Hall–Kier alpha value is -1.41. The Morgan fingerprint density at radius 3 is 2.28 bits per heavy atom. The summed E-state index contributed by atoms with van der Waals surface area (Å²) >= 11 is 3.33. The third-order valence-corrected chi connectivity index (χ3v) is 8.66. The molecule has 1 rings (SSSR count). The fraction of sp³-hybridized carbons (Fsp3) is 0.652. The molecule has 0 saturated carbocycles. The number of thioether (sulfide) groups is 1. The second-order valence-corrected chi connectivity index (χ2v) is 12.4. The van der Waals surface area contributed by atoms with E-state index in [9.17, 15) is 19.2 Å². The van der Waals surface area contributed by atoms with Gasteiger partial charge in [0.05, 0.1) is 5.92 Å². The van der Waals surface area contributed by atoms with Gasteiger partial charge in [0.2, 0.25) is 5.91 Å². The standard InChI is InChI=1S/C23H36N2O7S4/c1-15(23(29)32-21(10-30-16(2)26)11-31-17(3)27)25-22(28)19(9-18-5-8-34-12-18)13-35-36-14-20(24)6-7-33-4/h5,8,12,15,19-21H,6-7,9-11,13-14,24H2,1-4H3,(H,25,28)/t15-,19?,20-/m0/s1. The van der Waals surface area contributed by atoms with Crippen molar-refractivity contribution in [1.82, 2.24) is 5.32 Å². The van der Waals surface area contributed by atoms with Gasteiger partial charge in [0, 0.05) is 31.4 Å². The smallest absolute Gasteiger partial charge is 0.328 e. The summed E-state index contributed by atoms with van der Waals surface area (Å²) in [6, 6.07) is 1.14. The third kappa shape index (κ3) is 15.0. The van der Waals surface area contributed by atoms with Gasteiger partial charge in [-0.2, -0.15) is 23.1 Å². The first-order chi connectivity index (χ1) is 17.1. The molecule has 0 radical (unpaired) electrons. The highest BCUT2D eigenvalue weighted by Crippen LogP contribution is 2.27. The summed E-state index contributed by atoms with van der Waals surface area (Å²) in [5, 5.41) is 6.69. The van der Waals surface area contributed by atoms with E-state index < -0.39 is 30.1 Å². The molecule has 1 aromatic rings. The summed E-state index contributed by atoms with van der Waals surface area (Å²) in [5.74, 6) is -0.0725. The van der Waals surface area contributed by atoms with E-state index in [1.807, 2.05) is 16.8 Å². The van der Waals surface area contributed by atoms with Crippen LogP contribution in [0.5, 0.6) is 0 Å². The van der Waals surface area contributed by atoms with Gasteiger partial charge < -0.3 is 25.3 Å². The van der Waals surface area contributed by atoms with Gasteiger partial charge in [-0.15, -0.1) is 0 Å². The van der Waals surface area contributed by atoms with Crippen LogP contribution < -0.4 is 11.1 Å². The molecule has 9 nitrogen and oxygen atoms in total. The van der Waals surface area contributed by atoms with Crippen molar-refractivity contribution >= 4 is 68.5 Å². The summed E-state index contributed by atoms with van der Waals surface area (Å²) in [6.07, 6.45) is 2.57. The predicted octanol–water partition coefficient (Wildman–Crippen LogP) is 2.91. The lowest BCUT2D eigenvalue weighted by molar-refractivity contribution is -0.167. The number of amides is 1. The Morgan fingerprint density at radius 2 is 1.72 bits per heavy atom. The highest BCUT2D eigenvalue weighted by molar-refractivity contribution is 8.76. The number of hydrogen-bond acceptors (Lipinski definition) is 12. The van der Waals surface area contributed by atoms with Gasteiger partial charge in [0.1, 0.15) is 19.3 Å². The average molecular weight is 581 g/mol. The van der Waals surface area contributed by atoms with Crippen LogP contribution in [0.3, 0.4) is 0 Å². The maximum Gasteiger partial charge on any atom is 0.328 e. The number of carbonyl (C=O) groups is 4. The maximum absolute atomic E-state index is 13.1. The summed E-state index contributed by atoms with van der Waals surface area (Å²) in [6.45, 7) is 3.43. The minimum atomic E-state index is -0.978. The Labute approximate surface area is 229 Å². The molecule has 13 heteroatoms. The van der Waals surface area contributed by atoms with Gasteiger partial charge in [0.25, 0.3) is 0 Å². The second kappa shape index (κ2) is 18.8. The van der Waals surface area contributed by atoms with Crippen LogP contribution in [0.15, 0.2) is 16.8 Å². The van der Waals surface area contributed by atoms with Crippen LogP contribution in [-0.4, -0.2) is 78.7 Å². The molecule has 1 aromatic heterocycles. The molecule has 0 aliphatic heterocycles. The van der Waals surface area contributed by atoms with Crippen molar-refractivity contribution in [3.05, 3.63) is 22.4 Å². The van der Waals surface area contributed by atoms with Crippen LogP contribution in [0, 0.1) is 5.92 Å². The van der Waals surface area contributed by atoms with Crippen molar-refractivity contribution in [2.75, 3.05) is 36.7 Å². The Balaban J connectivity index is 2.66. The number of ether oxygens (including phenoxy) is 3. The van der Waals surface area contributed by atoms with Gasteiger partial charge in [-0.05, 0) is 54.2 Å². The maximum atomic E-state index is 13.1. The van der Waals surface area contributed by atoms with E-state index in [1.54, 1.807) is 44.7 Å². The largest absolute Gasteiger partial charge is 0.462 e. The molecule has 3 N–H and O–H groups in total. The number of hydrogen-bond donors (Lipinski definition) is 2. The molecule has 0 aliphatic carbocycles. The Kier molecular flexibility index (Phi) is 17.0. The number of rotatable bonds is 18. The van der Waals surface area contributed by atoms with Crippen LogP contribution in [0.4, 0.5) is 0 Å². The van der Waals surface area contributed by atoms with Gasteiger partial charge in [-0.25, -0.2) is 4.79 Å². The van der Waals surface area contributed by atoms with Gasteiger partial charge >= 0.3 is 17.9 Å². The molecule has 0 aromatic carbocycles. The first-order valence-electron chi connectivity index (χ1n) is 11.4. The van der Waals surface area contributed by atoms with Crippen LogP contribution in [0.2, 0.25) is 0 Å². The van der Waals surface area contributed by atoms with Crippen molar-refractivity contribution in [2.45, 2.75) is 51.8 Å². The van der Waals surface area contributed by atoms with Crippen LogP contribution >= 0.6 is 44.7 Å². The summed E-state index contributed by atoms with van der Waals surface area (Å²) in [4.78, 5) is 47.9. The first-order valence-corrected chi connectivity index (χ1v) is 16.2. The van der Waals surface area contributed by atoms with Crippen molar-refractivity contribution in [1.29, 1.82) is 0 Å². The number of thiophene rings is 1. The Morgan fingerprint density at radius 1 is 1.08 bits per heavy atom. The third-order valence-electron chi connectivity index (χ3n) is 4.70. The molecule has 0 aliphatic rings. The molecule has 0 spiro atoms. The molecule has 1 unspecified atom stereocenters. The number of nitrogens with one attached hydrogen (secondary N) is 1. The molecule has 0 saturated heterocycles. The molecule has 204 valence electrons. The predicted molar refractivity (Wildman–Crippen MR) is 148 cm³/mol. The molecule has 1 heterocycles. The molecule has 0 fully saturated rings. The molecule has 1 amide bonds. The first kappa shape index (κ1) is 32.6. The van der Waals surface area contributed by atoms with E-state index >= 15 is 0 Å². The lowest BCUT2D eigenvalue weighted by atomic mass is 10.0. The molecular weight excluding hydrogens is 545 g/mol. The summed E-state index contributed by atoms with van der Waals surface area (Å²) < 4.78 is 15.1. The number of esters is 3. The van der Waals surface area contributed by atoms with Crippen molar-refractivity contribution in [3.63, 3.8) is 0 Å². The van der Waals surface area contributed by atoms with Crippen molar-refractivity contribution < 1.29 is 33.4 Å². The summed E-state index contributed by atoms with van der Waals surface area (Å²) in [5.41, 5.74) is 7.19. The SMILES string of the molecule is CSCC[C@H](N)CSSCC(Cc1ccsc1)C(=O)N[C@@H](C)C(=O)OC(COC(C)=O)COC(C)=O. The Bertz CT molecular complexity index is 792. The normalized spacial score (nSPS) is 13.5. The minimum Gasteiger partial charge on any atom is -0.462 e. The lowest BCUT2D eigenvalue weighted by Gasteiger charge is -2.22. The van der Waals surface area contributed by atoms with Crippen LogP contribution in [0.1, 0.15) is 32.8 Å². The van der Waals surface area contributed by atoms with E-state index in [1.165, 1.54) is 20.8 Å². The number of nitrogens with two attached hydrogens (primary N) is 1. The monoisotopic (exact) mass is 580 g/mol. The topological polar surface area (TPSA) is 134 Å². The quantitative estimate of drug-likeness (QED) is 0.115. The van der Waals surface area contributed by atoms with E-state index in [-0.39, 0.29) is 31.1 Å².